The third kappa shape index (κ3) is 1.77. The summed E-state index contributed by atoms with van der Waals surface area (Å²) in [7, 11) is 0. The first-order valence-electron chi connectivity index (χ1n) is 4.32. The van der Waals surface area contributed by atoms with Crippen molar-refractivity contribution >= 4 is 17.0 Å². The van der Waals surface area contributed by atoms with Crippen molar-refractivity contribution in [2.45, 2.75) is 6.42 Å². The molecule has 0 fully saturated rings. The molecule has 2 aromatic rings. The number of hydrogen-bond donors (Lipinski definition) is 1. The maximum atomic E-state index is 13.1. The van der Waals surface area contributed by atoms with Crippen molar-refractivity contribution in [2.24, 2.45) is 0 Å². The van der Waals surface area contributed by atoms with E-state index in [1.807, 2.05) is 23.6 Å². The third-order valence-corrected chi connectivity index (χ3v) is 2.96. The van der Waals surface area contributed by atoms with Crippen molar-refractivity contribution in [2.75, 3.05) is 5.73 Å². The van der Waals surface area contributed by atoms with Gasteiger partial charge in [-0.05, 0) is 23.1 Å². The van der Waals surface area contributed by atoms with Crippen molar-refractivity contribution in [1.29, 1.82) is 0 Å². The van der Waals surface area contributed by atoms with Crippen LogP contribution in [0.5, 0.6) is 0 Å². The van der Waals surface area contributed by atoms with Gasteiger partial charge in [-0.3, -0.25) is 0 Å². The molecule has 0 aliphatic heterocycles. The van der Waals surface area contributed by atoms with E-state index in [-0.39, 0.29) is 11.5 Å². The topological polar surface area (TPSA) is 26.0 Å². The Kier molecular flexibility index (Phi) is 2.50. The summed E-state index contributed by atoms with van der Waals surface area (Å²) in [6, 6.07) is 8.94. The average Bonchev–Trinajstić information content (AvgIpc) is 2.66. The second kappa shape index (κ2) is 3.80. The van der Waals surface area contributed by atoms with Gasteiger partial charge in [0.15, 0.2) is 0 Å². The van der Waals surface area contributed by atoms with Crippen LogP contribution in [-0.2, 0) is 6.42 Å². The van der Waals surface area contributed by atoms with Gasteiger partial charge in [0.05, 0.1) is 5.69 Å². The lowest BCUT2D eigenvalue weighted by Crippen LogP contribution is -1.97. The highest BCUT2D eigenvalue weighted by molar-refractivity contribution is 7.09. The van der Waals surface area contributed by atoms with Gasteiger partial charge in [0.1, 0.15) is 5.82 Å². The first-order chi connectivity index (χ1) is 6.77. The molecule has 1 heterocycles. The number of nitrogen functional groups attached to an aromatic ring is 1. The van der Waals surface area contributed by atoms with Gasteiger partial charge in [-0.1, -0.05) is 18.2 Å². The third-order valence-electron chi connectivity index (χ3n) is 2.09. The van der Waals surface area contributed by atoms with E-state index in [1.54, 1.807) is 17.4 Å². The van der Waals surface area contributed by atoms with E-state index in [4.69, 9.17) is 5.73 Å². The van der Waals surface area contributed by atoms with Gasteiger partial charge >= 0.3 is 0 Å². The molecule has 1 aromatic carbocycles. The van der Waals surface area contributed by atoms with Gasteiger partial charge in [0.2, 0.25) is 0 Å². The van der Waals surface area contributed by atoms with Crippen LogP contribution in [0.1, 0.15) is 10.4 Å². The van der Waals surface area contributed by atoms with Crippen molar-refractivity contribution in [3.8, 4) is 0 Å². The zero-order valence-corrected chi connectivity index (χ0v) is 8.35. The molecule has 1 aromatic heterocycles. The van der Waals surface area contributed by atoms with Gasteiger partial charge in [-0.15, -0.1) is 11.3 Å². The van der Waals surface area contributed by atoms with E-state index in [2.05, 4.69) is 0 Å². The molecule has 0 radical (unpaired) electrons. The smallest absolute Gasteiger partial charge is 0.146 e. The van der Waals surface area contributed by atoms with Crippen LogP contribution in [0, 0.1) is 5.82 Å². The molecular weight excluding hydrogens is 197 g/mol. The van der Waals surface area contributed by atoms with Crippen LogP contribution in [0.2, 0.25) is 0 Å². The van der Waals surface area contributed by atoms with E-state index in [0.29, 0.717) is 6.42 Å². The number of halogens is 1. The Balaban J connectivity index is 2.29. The van der Waals surface area contributed by atoms with Gasteiger partial charge in [0.25, 0.3) is 0 Å². The highest BCUT2D eigenvalue weighted by atomic mass is 32.1. The highest BCUT2D eigenvalue weighted by Crippen LogP contribution is 2.21. The summed E-state index contributed by atoms with van der Waals surface area (Å²) in [5.41, 5.74) is 6.75. The molecule has 0 saturated heterocycles. The Hall–Kier alpha value is -1.35. The largest absolute Gasteiger partial charge is 0.396 e. The number of hydrogen-bond acceptors (Lipinski definition) is 2. The molecular formula is C11H10FNS. The van der Waals surface area contributed by atoms with E-state index in [9.17, 15) is 4.39 Å². The summed E-state index contributed by atoms with van der Waals surface area (Å²) in [6.07, 6.45) is 0.710. The summed E-state index contributed by atoms with van der Waals surface area (Å²) in [6.45, 7) is 0. The molecule has 0 aliphatic carbocycles. The minimum Gasteiger partial charge on any atom is -0.396 e. The molecule has 0 atom stereocenters. The quantitative estimate of drug-likeness (QED) is 0.752. The second-order valence-corrected chi connectivity index (χ2v) is 4.10. The Morgan fingerprint density at radius 3 is 2.79 bits per heavy atom. The van der Waals surface area contributed by atoms with Crippen LogP contribution >= 0.6 is 11.3 Å². The minimum absolute atomic E-state index is 0.265. The van der Waals surface area contributed by atoms with Crippen molar-refractivity contribution < 1.29 is 4.39 Å². The number of anilines is 1. The first kappa shape index (κ1) is 9.21. The Bertz CT molecular complexity index is 423. The van der Waals surface area contributed by atoms with E-state index >= 15 is 0 Å². The number of benzene rings is 1. The molecule has 0 amide bonds. The van der Waals surface area contributed by atoms with Crippen LogP contribution in [-0.4, -0.2) is 0 Å². The summed E-state index contributed by atoms with van der Waals surface area (Å²) >= 11 is 1.65. The summed E-state index contributed by atoms with van der Waals surface area (Å²) < 4.78 is 13.1. The lowest BCUT2D eigenvalue weighted by atomic mass is 10.1. The Morgan fingerprint density at radius 2 is 2.07 bits per heavy atom. The fourth-order valence-electron chi connectivity index (χ4n) is 1.34. The lowest BCUT2D eigenvalue weighted by Gasteiger charge is -2.04. The van der Waals surface area contributed by atoms with Crippen LogP contribution in [0.3, 0.4) is 0 Å². The number of nitrogens with two attached hydrogens (primary N) is 1. The SMILES string of the molecule is Nc1c(F)cccc1Cc1cccs1. The molecule has 2 N–H and O–H groups in total. The fourth-order valence-corrected chi connectivity index (χ4v) is 2.06. The molecule has 0 aliphatic rings. The van der Waals surface area contributed by atoms with Gasteiger partial charge in [-0.25, -0.2) is 4.39 Å². The van der Waals surface area contributed by atoms with Crippen molar-refractivity contribution in [3.05, 3.63) is 52.0 Å². The standard InChI is InChI=1S/C11H10FNS/c12-10-5-1-3-8(11(10)13)7-9-4-2-6-14-9/h1-6H,7,13H2. The number of thiophene rings is 1. The van der Waals surface area contributed by atoms with Gasteiger partial charge in [-0.2, -0.15) is 0 Å². The summed E-state index contributed by atoms with van der Waals surface area (Å²) in [4.78, 5) is 1.20. The predicted molar refractivity (Wildman–Crippen MR) is 57.9 cm³/mol. The minimum atomic E-state index is -0.334. The Labute approximate surface area is 86.0 Å². The predicted octanol–water partition coefficient (Wildman–Crippen LogP) is 3.06. The van der Waals surface area contributed by atoms with Gasteiger partial charge < -0.3 is 5.73 Å². The number of rotatable bonds is 2. The van der Waals surface area contributed by atoms with Crippen molar-refractivity contribution in [3.63, 3.8) is 0 Å². The molecule has 72 valence electrons. The molecule has 1 nitrogen and oxygen atoms in total. The lowest BCUT2D eigenvalue weighted by molar-refractivity contribution is 0.631. The van der Waals surface area contributed by atoms with Crippen LogP contribution in [0.25, 0.3) is 0 Å². The molecule has 2 rings (SSSR count). The molecule has 0 saturated carbocycles. The molecule has 0 unspecified atom stereocenters. The summed E-state index contributed by atoms with van der Waals surface area (Å²) in [5, 5.41) is 2.00. The van der Waals surface area contributed by atoms with Gasteiger partial charge in [0, 0.05) is 11.3 Å². The maximum Gasteiger partial charge on any atom is 0.146 e. The second-order valence-electron chi connectivity index (χ2n) is 3.07. The summed E-state index contributed by atoms with van der Waals surface area (Å²) in [5.74, 6) is -0.334. The maximum absolute atomic E-state index is 13.1. The van der Waals surface area contributed by atoms with Crippen LogP contribution < -0.4 is 5.73 Å². The normalized spacial score (nSPS) is 10.4. The Morgan fingerprint density at radius 1 is 1.21 bits per heavy atom. The average molecular weight is 207 g/mol. The van der Waals surface area contributed by atoms with Crippen LogP contribution in [0.4, 0.5) is 10.1 Å². The van der Waals surface area contributed by atoms with E-state index < -0.39 is 0 Å². The molecule has 14 heavy (non-hydrogen) atoms. The zero-order valence-electron chi connectivity index (χ0n) is 7.53. The molecule has 0 bridgehead atoms. The molecule has 0 spiro atoms. The monoisotopic (exact) mass is 207 g/mol. The van der Waals surface area contributed by atoms with Crippen molar-refractivity contribution in [1.82, 2.24) is 0 Å². The van der Waals surface area contributed by atoms with E-state index in [0.717, 1.165) is 5.56 Å². The highest BCUT2D eigenvalue weighted by Gasteiger charge is 2.05. The van der Waals surface area contributed by atoms with Crippen LogP contribution in [0.15, 0.2) is 35.7 Å². The molecule has 3 heteroatoms. The fraction of sp³-hybridized carbons (Fsp3) is 0.0909. The number of para-hydroxylation sites is 1. The van der Waals surface area contributed by atoms with E-state index in [1.165, 1.54) is 10.9 Å². The zero-order chi connectivity index (χ0) is 9.97. The first-order valence-corrected chi connectivity index (χ1v) is 5.20.